The molecule has 0 aliphatic heterocycles. The van der Waals surface area contributed by atoms with Crippen LogP contribution in [0.5, 0.6) is 11.5 Å². The van der Waals surface area contributed by atoms with Gasteiger partial charge in [-0.1, -0.05) is 35.7 Å². The van der Waals surface area contributed by atoms with Crippen LogP contribution in [0.2, 0.25) is 0 Å². The molecule has 0 spiro atoms. The molecule has 0 radical (unpaired) electrons. The number of amides is 2. The number of anilines is 2. The van der Waals surface area contributed by atoms with E-state index in [-0.39, 0.29) is 22.9 Å². The van der Waals surface area contributed by atoms with Crippen molar-refractivity contribution in [3.05, 3.63) is 83.9 Å². The van der Waals surface area contributed by atoms with Crippen LogP contribution in [0.15, 0.2) is 81.5 Å². The number of halogens is 6. The van der Waals surface area contributed by atoms with Gasteiger partial charge < -0.3 is 20.1 Å². The number of thioether (sulfide) groups is 2. The van der Waals surface area contributed by atoms with Gasteiger partial charge in [-0.15, -0.1) is 22.7 Å². The standard InChI is InChI=1S/C36H28F6N4O4S4/c1-3-49-21-7-11-27-29(15-21)53-33(45-27)51-17-31(47)43-19-5-9-23(25(13-19)35(37,38)39)24-10-6-20(14-26(24)36(40,41)42)44-32(48)18-52-34-46-28-12-8-22(50-4-2)16-30(28)54-34/h5-16H,3-4,17-18H2,1-2H3,(H,43,47)(H,44,48). The lowest BCUT2D eigenvalue weighted by Crippen LogP contribution is -2.17. The molecule has 6 rings (SSSR count). The van der Waals surface area contributed by atoms with Crippen molar-refractivity contribution in [2.75, 3.05) is 35.4 Å². The first-order chi connectivity index (χ1) is 25.7. The minimum Gasteiger partial charge on any atom is -0.494 e. The second kappa shape index (κ2) is 16.5. The van der Waals surface area contributed by atoms with Crippen LogP contribution in [0.4, 0.5) is 37.7 Å². The number of aromatic nitrogens is 2. The van der Waals surface area contributed by atoms with Crippen molar-refractivity contribution in [2.45, 2.75) is 34.9 Å². The normalized spacial score (nSPS) is 11.9. The van der Waals surface area contributed by atoms with E-state index in [2.05, 4.69) is 20.6 Å². The number of hydrogen-bond acceptors (Lipinski definition) is 10. The van der Waals surface area contributed by atoms with Crippen molar-refractivity contribution >= 4 is 89.8 Å². The zero-order valence-corrected chi connectivity index (χ0v) is 31.5. The molecule has 0 saturated carbocycles. The molecule has 2 aromatic heterocycles. The minimum atomic E-state index is -5.08. The lowest BCUT2D eigenvalue weighted by Gasteiger charge is -2.19. The van der Waals surface area contributed by atoms with Gasteiger partial charge in [-0.25, -0.2) is 9.97 Å². The molecule has 0 atom stereocenters. The summed E-state index contributed by atoms with van der Waals surface area (Å²) in [5, 5.41) is 4.79. The third kappa shape index (κ3) is 9.58. The summed E-state index contributed by atoms with van der Waals surface area (Å²) in [6, 6.07) is 15.9. The number of carbonyl (C=O) groups excluding carboxylic acids is 2. The van der Waals surface area contributed by atoms with Crippen LogP contribution in [0.3, 0.4) is 0 Å². The topological polar surface area (TPSA) is 102 Å². The number of nitrogens with one attached hydrogen (secondary N) is 2. The first-order valence-corrected chi connectivity index (χ1v) is 19.7. The molecular weight excluding hydrogens is 795 g/mol. The summed E-state index contributed by atoms with van der Waals surface area (Å²) >= 11 is 4.82. The van der Waals surface area contributed by atoms with E-state index in [1.54, 1.807) is 24.3 Å². The average molecular weight is 823 g/mol. The van der Waals surface area contributed by atoms with E-state index in [9.17, 15) is 35.9 Å². The highest BCUT2D eigenvalue weighted by Crippen LogP contribution is 2.44. The number of thiazole rings is 2. The fourth-order valence-corrected chi connectivity index (χ4v) is 9.03. The van der Waals surface area contributed by atoms with Gasteiger partial charge in [0.1, 0.15) is 11.5 Å². The summed E-state index contributed by atoms with van der Waals surface area (Å²) < 4.78 is 99.8. The highest BCUT2D eigenvalue weighted by molar-refractivity contribution is 8.02. The van der Waals surface area contributed by atoms with E-state index in [1.165, 1.54) is 22.7 Å². The zero-order valence-electron chi connectivity index (χ0n) is 28.2. The van der Waals surface area contributed by atoms with Gasteiger partial charge >= 0.3 is 12.4 Å². The Balaban J connectivity index is 1.15. The van der Waals surface area contributed by atoms with Gasteiger partial charge in [-0.3, -0.25) is 9.59 Å². The number of hydrogen-bond donors (Lipinski definition) is 2. The maximum absolute atomic E-state index is 14.3. The zero-order chi connectivity index (χ0) is 38.6. The van der Waals surface area contributed by atoms with Gasteiger partial charge in [-0.05, 0) is 85.6 Å². The molecule has 2 heterocycles. The first kappa shape index (κ1) is 39.2. The second-order valence-corrected chi connectivity index (χ2v) is 15.8. The average Bonchev–Trinajstić information content (AvgIpc) is 3.72. The Morgan fingerprint density at radius 2 is 1.04 bits per heavy atom. The summed E-state index contributed by atoms with van der Waals surface area (Å²) in [4.78, 5) is 34.3. The molecule has 282 valence electrons. The Kier molecular flexibility index (Phi) is 11.9. The Labute approximate surface area is 320 Å². The predicted octanol–water partition coefficient (Wildman–Crippen LogP) is 10.9. The molecule has 0 saturated heterocycles. The second-order valence-electron chi connectivity index (χ2n) is 11.3. The van der Waals surface area contributed by atoms with Crippen LogP contribution in [-0.2, 0) is 21.9 Å². The van der Waals surface area contributed by atoms with E-state index in [0.29, 0.717) is 56.6 Å². The van der Waals surface area contributed by atoms with Crippen molar-refractivity contribution in [3.63, 3.8) is 0 Å². The van der Waals surface area contributed by atoms with Crippen LogP contribution < -0.4 is 20.1 Å². The van der Waals surface area contributed by atoms with Crippen molar-refractivity contribution in [1.82, 2.24) is 9.97 Å². The summed E-state index contributed by atoms with van der Waals surface area (Å²) in [5.74, 6) is -0.295. The quantitative estimate of drug-likeness (QED) is 0.0877. The number of rotatable bonds is 13. The number of nitrogens with zero attached hydrogens (tertiary/aromatic N) is 2. The summed E-state index contributed by atoms with van der Waals surface area (Å²) in [5.41, 5.74) is -3.37. The minimum absolute atomic E-state index is 0.179. The van der Waals surface area contributed by atoms with Crippen LogP contribution in [0, 0.1) is 0 Å². The summed E-state index contributed by atoms with van der Waals surface area (Å²) in [7, 11) is 0. The highest BCUT2D eigenvalue weighted by atomic mass is 32.2. The fourth-order valence-electron chi connectivity index (χ4n) is 5.24. The number of carbonyl (C=O) groups is 2. The van der Waals surface area contributed by atoms with Crippen LogP contribution in [0.25, 0.3) is 31.6 Å². The van der Waals surface area contributed by atoms with Gasteiger partial charge in [0.2, 0.25) is 11.8 Å². The molecule has 4 aromatic carbocycles. The Morgan fingerprint density at radius 3 is 1.41 bits per heavy atom. The molecule has 8 nitrogen and oxygen atoms in total. The van der Waals surface area contributed by atoms with Crippen molar-refractivity contribution < 1.29 is 45.4 Å². The van der Waals surface area contributed by atoms with E-state index in [0.717, 1.165) is 57.2 Å². The number of ether oxygens (including phenoxy) is 2. The lowest BCUT2D eigenvalue weighted by molar-refractivity contribution is -0.139. The molecule has 18 heteroatoms. The smallest absolute Gasteiger partial charge is 0.417 e. The maximum atomic E-state index is 14.3. The van der Waals surface area contributed by atoms with Gasteiger partial charge in [0.25, 0.3) is 0 Å². The molecule has 0 bridgehead atoms. The van der Waals surface area contributed by atoms with Gasteiger partial charge in [-0.2, -0.15) is 26.3 Å². The Hall–Kier alpha value is -4.52. The first-order valence-electron chi connectivity index (χ1n) is 16.0. The van der Waals surface area contributed by atoms with Crippen LogP contribution in [0.1, 0.15) is 25.0 Å². The number of alkyl halides is 6. The monoisotopic (exact) mass is 822 g/mol. The molecule has 0 fully saturated rings. The van der Waals surface area contributed by atoms with E-state index in [1.807, 2.05) is 26.0 Å². The highest BCUT2D eigenvalue weighted by Gasteiger charge is 2.39. The van der Waals surface area contributed by atoms with E-state index < -0.39 is 46.4 Å². The maximum Gasteiger partial charge on any atom is 0.417 e. The molecule has 0 unspecified atom stereocenters. The molecule has 2 amide bonds. The third-order valence-corrected chi connectivity index (χ3v) is 11.8. The van der Waals surface area contributed by atoms with Crippen LogP contribution >= 0.6 is 46.2 Å². The lowest BCUT2D eigenvalue weighted by atomic mass is 9.93. The van der Waals surface area contributed by atoms with Crippen molar-refractivity contribution in [2.24, 2.45) is 0 Å². The Morgan fingerprint density at radius 1 is 0.630 bits per heavy atom. The van der Waals surface area contributed by atoms with Gasteiger partial charge in [0.05, 0.1) is 56.3 Å². The fraction of sp³-hybridized carbons (Fsp3) is 0.222. The summed E-state index contributed by atoms with van der Waals surface area (Å²) in [6.07, 6.45) is -10.2. The Bertz CT molecular complexity index is 2170. The molecular formula is C36H28F6N4O4S4. The largest absolute Gasteiger partial charge is 0.494 e. The number of fused-ring (bicyclic) bond motifs is 2. The molecule has 6 aromatic rings. The van der Waals surface area contributed by atoms with Crippen molar-refractivity contribution in [1.29, 1.82) is 0 Å². The van der Waals surface area contributed by atoms with Crippen molar-refractivity contribution in [3.8, 4) is 22.6 Å². The molecule has 54 heavy (non-hydrogen) atoms. The molecule has 0 aliphatic carbocycles. The SMILES string of the molecule is CCOc1ccc2nc(SCC(=O)Nc3ccc(-c4ccc(NC(=O)CSc5nc6ccc(OCC)cc6s5)cc4C(F)(F)F)c(C(F)(F)F)c3)sc2c1. The van der Waals surface area contributed by atoms with Gasteiger partial charge in [0, 0.05) is 11.4 Å². The predicted molar refractivity (Wildman–Crippen MR) is 202 cm³/mol. The third-order valence-electron chi connectivity index (χ3n) is 7.46. The summed E-state index contributed by atoms with van der Waals surface area (Å²) in [6.45, 7) is 4.69. The molecule has 2 N–H and O–H groups in total. The molecule has 0 aliphatic rings. The number of benzene rings is 4. The van der Waals surface area contributed by atoms with Gasteiger partial charge in [0.15, 0.2) is 8.68 Å². The van der Waals surface area contributed by atoms with E-state index >= 15 is 0 Å². The van der Waals surface area contributed by atoms with Crippen LogP contribution in [-0.4, -0.2) is 46.5 Å². The van der Waals surface area contributed by atoms with E-state index in [4.69, 9.17) is 9.47 Å².